The molecule has 2 aromatic carbocycles. The number of nitrogens with zero attached hydrogens (tertiary/aromatic N) is 4. The summed E-state index contributed by atoms with van der Waals surface area (Å²) in [5.41, 5.74) is 4.56. The Bertz CT molecular complexity index is 1540. The fraction of sp³-hybridized carbons (Fsp3) is 0.118. The molecule has 0 aliphatic carbocycles. The molecular weight excluding hydrogens is 738 g/mol. The molecule has 17 heteroatoms. The molecule has 0 atom stereocenters. The first-order valence-electron chi connectivity index (χ1n) is 13.8. The minimum atomic E-state index is -4.92. The van der Waals surface area contributed by atoms with Crippen LogP contribution in [0.1, 0.15) is 36.1 Å². The second-order valence-electron chi connectivity index (χ2n) is 9.34. The van der Waals surface area contributed by atoms with Gasteiger partial charge < -0.3 is 20.6 Å². The Morgan fingerprint density at radius 3 is 1.02 bits per heavy atom. The summed E-state index contributed by atoms with van der Waals surface area (Å²) in [5, 5.41) is 44.4. The van der Waals surface area contributed by atoms with Crippen LogP contribution >= 0.6 is 0 Å². The van der Waals surface area contributed by atoms with Crippen LogP contribution in [0.3, 0.4) is 0 Å². The molecule has 2 N–H and O–H groups in total. The number of carbonyl (C=O) groups is 2. The van der Waals surface area contributed by atoms with Crippen molar-refractivity contribution in [2.45, 2.75) is 26.2 Å². The molecule has 1 radical (unpaired) electrons. The van der Waals surface area contributed by atoms with E-state index in [2.05, 4.69) is 20.3 Å². The average molecular weight is 766 g/mol. The number of ketones is 2. The maximum Gasteiger partial charge on any atom is 2.00 e. The van der Waals surface area contributed by atoms with E-state index in [0.29, 0.717) is 11.4 Å². The molecule has 0 aliphatic heterocycles. The quantitative estimate of drug-likeness (QED) is 0.0502. The number of rotatable bonds is 6. The van der Waals surface area contributed by atoms with Crippen molar-refractivity contribution in [3.05, 3.63) is 156 Å². The first-order valence-corrected chi connectivity index (χ1v) is 13.8. The van der Waals surface area contributed by atoms with Gasteiger partial charge in [0.1, 0.15) is 11.4 Å². The van der Waals surface area contributed by atoms with Gasteiger partial charge >= 0.3 is 29.4 Å². The third-order valence-corrected chi connectivity index (χ3v) is 5.43. The Balaban J connectivity index is 0.000000664. The monoisotopic (exact) mass is 765 g/mol. The number of halogens is 6. The SMILES string of the molecule is CC(=O)/C=C(\[O-])C(F)(F)F.CC(=O)/C=C(\[O-])C(F)(F)F.O/N=C(\c1ccccc1)c1ccncc1.O/N=C(\c1ccccc1)c1ccncc1.[Cu+2]. The molecule has 0 saturated heterocycles. The van der Waals surface area contributed by atoms with E-state index in [4.69, 9.17) is 10.4 Å². The number of hydrogen-bond donors (Lipinski definition) is 2. The zero-order valence-corrected chi connectivity index (χ0v) is 27.4. The molecule has 10 nitrogen and oxygen atoms in total. The standard InChI is InChI=1S/2C12H10N2O.2C5H5F3O2.Cu/c2*15-14-12(10-4-2-1-3-5-10)11-6-8-13-9-7-11;2*1-3(9)2-4(10)5(6,7)8;/h2*1-9,15H;2*2,10H,1H3;/q;;;;+2/p-2/b2*14-12+;2*4-2-;. The number of benzene rings is 2. The molecule has 51 heavy (non-hydrogen) atoms. The van der Waals surface area contributed by atoms with Gasteiger partial charge in [0.05, 0.1) is 0 Å². The molecule has 4 rings (SSSR count). The summed E-state index contributed by atoms with van der Waals surface area (Å²) in [7, 11) is 0. The normalized spacial score (nSPS) is 11.9. The second-order valence-corrected chi connectivity index (χ2v) is 9.34. The zero-order chi connectivity index (χ0) is 37.7. The van der Waals surface area contributed by atoms with E-state index in [1.807, 2.05) is 84.9 Å². The van der Waals surface area contributed by atoms with Crippen molar-refractivity contribution < 1.29 is 73.6 Å². The summed E-state index contributed by atoms with van der Waals surface area (Å²) in [4.78, 5) is 27.7. The van der Waals surface area contributed by atoms with Gasteiger partial charge in [0.2, 0.25) is 0 Å². The van der Waals surface area contributed by atoms with Crippen LogP contribution in [0.4, 0.5) is 26.3 Å². The molecule has 4 aromatic rings. The average Bonchev–Trinajstić information content (AvgIpc) is 3.07. The predicted octanol–water partition coefficient (Wildman–Crippen LogP) is 5.38. The molecule has 2 heterocycles. The van der Waals surface area contributed by atoms with Crippen molar-refractivity contribution in [2.24, 2.45) is 10.3 Å². The van der Waals surface area contributed by atoms with Crippen molar-refractivity contribution in [1.82, 2.24) is 9.97 Å². The predicted molar refractivity (Wildman–Crippen MR) is 166 cm³/mol. The summed E-state index contributed by atoms with van der Waals surface area (Å²) in [6, 6.07) is 26.3. The van der Waals surface area contributed by atoms with E-state index < -0.39 is 35.4 Å². The zero-order valence-electron chi connectivity index (χ0n) is 26.4. The van der Waals surface area contributed by atoms with E-state index in [0.717, 1.165) is 36.1 Å². The number of alkyl halides is 6. The van der Waals surface area contributed by atoms with Crippen LogP contribution in [0.15, 0.2) is 144 Å². The van der Waals surface area contributed by atoms with Crippen LogP contribution in [0, 0.1) is 0 Å². The Morgan fingerprint density at radius 2 is 0.824 bits per heavy atom. The first kappa shape index (κ1) is 45.2. The van der Waals surface area contributed by atoms with Crippen molar-refractivity contribution in [2.75, 3.05) is 0 Å². The Labute approximate surface area is 298 Å². The largest absolute Gasteiger partial charge is 2.00 e. The second kappa shape index (κ2) is 22.8. The Morgan fingerprint density at radius 1 is 0.569 bits per heavy atom. The van der Waals surface area contributed by atoms with Crippen LogP contribution in [-0.2, 0) is 26.7 Å². The summed E-state index contributed by atoms with van der Waals surface area (Å²) in [5.74, 6) is -6.02. The molecule has 0 spiro atoms. The minimum Gasteiger partial charge on any atom is -0.869 e. The summed E-state index contributed by atoms with van der Waals surface area (Å²) >= 11 is 0. The van der Waals surface area contributed by atoms with Gasteiger partial charge in [-0.1, -0.05) is 71.0 Å². The molecule has 0 fully saturated rings. The number of pyridine rings is 2. The van der Waals surface area contributed by atoms with Gasteiger partial charge in [0, 0.05) is 47.0 Å². The smallest absolute Gasteiger partial charge is 0.869 e. The summed E-state index contributed by atoms with van der Waals surface area (Å²) in [6.07, 6.45) is -3.14. The molecule has 0 bridgehead atoms. The third kappa shape index (κ3) is 18.0. The topological polar surface area (TPSA) is 171 Å². The number of hydrogen-bond acceptors (Lipinski definition) is 10. The number of oxime groups is 2. The van der Waals surface area contributed by atoms with E-state index in [1.54, 1.807) is 24.8 Å². The molecule has 273 valence electrons. The van der Waals surface area contributed by atoms with Gasteiger partial charge in [-0.3, -0.25) is 19.6 Å². The van der Waals surface area contributed by atoms with E-state index in [9.17, 15) is 46.1 Å². The number of carbonyl (C=O) groups excluding carboxylic acids is 2. The summed E-state index contributed by atoms with van der Waals surface area (Å²) < 4.78 is 67.7. The van der Waals surface area contributed by atoms with Crippen LogP contribution in [0.2, 0.25) is 0 Å². The molecule has 0 aliphatic rings. The van der Waals surface area contributed by atoms with Gasteiger partial charge in [-0.05, 0) is 61.8 Å². The maximum atomic E-state index is 11.3. The first-order chi connectivity index (χ1) is 23.5. The van der Waals surface area contributed by atoms with Gasteiger partial charge in [0.25, 0.3) is 0 Å². The van der Waals surface area contributed by atoms with Gasteiger partial charge in [-0.15, -0.1) is 0 Å². The molecular formula is C34H28CuF6N4O6. The Kier molecular flexibility index (Phi) is 20.2. The van der Waals surface area contributed by atoms with Crippen molar-refractivity contribution in [3.63, 3.8) is 0 Å². The minimum absolute atomic E-state index is 0. The van der Waals surface area contributed by atoms with E-state index >= 15 is 0 Å². The van der Waals surface area contributed by atoms with Crippen LogP contribution in [-0.4, -0.2) is 55.7 Å². The molecule has 0 unspecified atom stereocenters. The van der Waals surface area contributed by atoms with E-state index in [-0.39, 0.29) is 29.2 Å². The summed E-state index contributed by atoms with van der Waals surface area (Å²) in [6.45, 7) is 1.76. The van der Waals surface area contributed by atoms with Gasteiger partial charge in [-0.25, -0.2) is 0 Å². The maximum absolute atomic E-state index is 11.3. The molecule has 0 amide bonds. The third-order valence-electron chi connectivity index (χ3n) is 5.43. The van der Waals surface area contributed by atoms with Crippen LogP contribution in [0.5, 0.6) is 0 Å². The van der Waals surface area contributed by atoms with Crippen LogP contribution < -0.4 is 10.2 Å². The molecule has 0 saturated carbocycles. The fourth-order valence-electron chi connectivity index (χ4n) is 3.31. The Hall–Kier alpha value is -5.80. The van der Waals surface area contributed by atoms with Crippen LogP contribution in [0.25, 0.3) is 0 Å². The van der Waals surface area contributed by atoms with Gasteiger partial charge in [-0.2, -0.15) is 26.3 Å². The van der Waals surface area contributed by atoms with Crippen molar-refractivity contribution >= 4 is 23.0 Å². The molecule has 2 aromatic heterocycles. The van der Waals surface area contributed by atoms with Crippen molar-refractivity contribution in [1.29, 1.82) is 0 Å². The number of allylic oxidation sites excluding steroid dienone is 4. The van der Waals surface area contributed by atoms with Crippen molar-refractivity contribution in [3.8, 4) is 0 Å². The van der Waals surface area contributed by atoms with Gasteiger partial charge in [0.15, 0.2) is 11.6 Å². The van der Waals surface area contributed by atoms with E-state index in [1.165, 1.54) is 0 Å². The number of aromatic nitrogens is 2. The fourth-order valence-corrected chi connectivity index (χ4v) is 3.31.